The minimum atomic E-state index is -0.446. The summed E-state index contributed by atoms with van der Waals surface area (Å²) in [4.78, 5) is 0. The van der Waals surface area contributed by atoms with Crippen LogP contribution in [0.5, 0.6) is 0 Å². The van der Waals surface area contributed by atoms with E-state index in [0.29, 0.717) is 17.8 Å². The highest BCUT2D eigenvalue weighted by molar-refractivity contribution is 7.69. The summed E-state index contributed by atoms with van der Waals surface area (Å²) in [7, 11) is -0.446. The summed E-state index contributed by atoms with van der Waals surface area (Å²) < 4.78 is 0. The molecule has 0 atom stereocenters. The van der Waals surface area contributed by atoms with Gasteiger partial charge < -0.3 is 0 Å². The first kappa shape index (κ1) is 27.9. The fourth-order valence-electron chi connectivity index (χ4n) is 5.32. The van der Waals surface area contributed by atoms with Gasteiger partial charge in [0.05, 0.1) is 0 Å². The first-order valence-electron chi connectivity index (χ1n) is 12.8. The third-order valence-corrected chi connectivity index (χ3v) is 10.1. The molecule has 182 valence electrons. The second kappa shape index (κ2) is 10.5. The normalized spacial score (nSPS) is 13.0. The Morgan fingerprint density at radius 3 is 1.64 bits per heavy atom. The predicted molar refractivity (Wildman–Crippen MR) is 154 cm³/mol. The third kappa shape index (κ3) is 6.19. The molecule has 0 aromatic heterocycles. The van der Waals surface area contributed by atoms with Gasteiger partial charge in [0.1, 0.15) is 0 Å². The number of rotatable bonds is 7. The number of allylic oxidation sites excluding steroid dienone is 1. The number of benzene rings is 2. The lowest BCUT2D eigenvalue weighted by Crippen LogP contribution is -2.33. The summed E-state index contributed by atoms with van der Waals surface area (Å²) in [6.45, 7) is 32.8. The van der Waals surface area contributed by atoms with Crippen molar-refractivity contribution in [2.24, 2.45) is 0 Å². The molecule has 2 aromatic carbocycles. The van der Waals surface area contributed by atoms with E-state index in [4.69, 9.17) is 0 Å². The van der Waals surface area contributed by atoms with E-state index in [1.165, 1.54) is 33.4 Å². The topological polar surface area (TPSA) is 0 Å². The lowest BCUT2D eigenvalue weighted by molar-refractivity contribution is 0.714. The van der Waals surface area contributed by atoms with Crippen LogP contribution in [-0.2, 0) is 6.42 Å². The molecule has 33 heavy (non-hydrogen) atoms. The average Bonchev–Trinajstić information content (AvgIpc) is 2.66. The molecular weight excluding hydrogens is 415 g/mol. The van der Waals surface area contributed by atoms with Crippen molar-refractivity contribution >= 4 is 13.2 Å². The minimum absolute atomic E-state index is 0.202. The van der Waals surface area contributed by atoms with Crippen molar-refractivity contribution in [2.75, 3.05) is 0 Å². The molecule has 0 nitrogen and oxygen atoms in total. The Hall–Kier alpha value is -1.39. The second-order valence-electron chi connectivity index (χ2n) is 12.5. The molecule has 0 amide bonds. The summed E-state index contributed by atoms with van der Waals surface area (Å²) >= 11 is 0. The Labute approximate surface area is 207 Å². The van der Waals surface area contributed by atoms with E-state index in [0.717, 1.165) is 6.42 Å². The molecule has 0 fully saturated rings. The largest absolute Gasteiger partial charge is 0.103 e. The van der Waals surface area contributed by atoms with Crippen LogP contribution in [0.4, 0.5) is 0 Å². The van der Waals surface area contributed by atoms with Crippen molar-refractivity contribution < 1.29 is 0 Å². The molecule has 0 aliphatic heterocycles. The Kier molecular flexibility index (Phi) is 8.84. The first-order valence-corrected chi connectivity index (χ1v) is 14.2. The Morgan fingerprint density at radius 2 is 1.27 bits per heavy atom. The highest BCUT2D eigenvalue weighted by atomic mass is 31.1. The van der Waals surface area contributed by atoms with Crippen LogP contribution in [0.3, 0.4) is 0 Å². The maximum absolute atomic E-state index is 4.11. The maximum Gasteiger partial charge on any atom is -0.00936 e. The van der Waals surface area contributed by atoms with E-state index in [2.05, 4.69) is 126 Å². The Bertz CT molecular complexity index is 918. The van der Waals surface area contributed by atoms with Crippen LogP contribution in [0.15, 0.2) is 43.0 Å². The first-order chi connectivity index (χ1) is 15.1. The van der Waals surface area contributed by atoms with Crippen LogP contribution in [0.25, 0.3) is 11.1 Å². The fraction of sp³-hybridized carbons (Fsp3) is 0.562. The molecule has 0 unspecified atom stereocenters. The zero-order valence-corrected chi connectivity index (χ0v) is 24.5. The second-order valence-corrected chi connectivity index (χ2v) is 16.3. The van der Waals surface area contributed by atoms with Crippen LogP contribution < -0.4 is 5.30 Å². The van der Waals surface area contributed by atoms with Crippen molar-refractivity contribution in [3.05, 3.63) is 65.2 Å². The molecule has 0 spiro atoms. The molecule has 0 bridgehead atoms. The summed E-state index contributed by atoms with van der Waals surface area (Å²) in [5.74, 6) is 1.48. The molecule has 0 saturated carbocycles. The number of hydrogen-bond acceptors (Lipinski definition) is 0. The van der Waals surface area contributed by atoms with Crippen LogP contribution in [0.2, 0.25) is 0 Å². The summed E-state index contributed by atoms with van der Waals surface area (Å²) in [6.07, 6.45) is 3.00. The number of hydrogen-bond donors (Lipinski definition) is 0. The average molecular weight is 465 g/mol. The molecule has 2 aromatic rings. The molecule has 2 rings (SSSR count). The van der Waals surface area contributed by atoms with E-state index >= 15 is 0 Å². The van der Waals surface area contributed by atoms with E-state index in [-0.39, 0.29) is 10.3 Å². The van der Waals surface area contributed by atoms with Crippen molar-refractivity contribution in [1.82, 2.24) is 0 Å². The van der Waals surface area contributed by atoms with E-state index in [9.17, 15) is 0 Å². The van der Waals surface area contributed by atoms with Crippen molar-refractivity contribution in [3.63, 3.8) is 0 Å². The zero-order chi connectivity index (χ0) is 25.3. The van der Waals surface area contributed by atoms with Gasteiger partial charge in [-0.15, -0.1) is 6.58 Å². The SMILES string of the molecule is C=CCc1cccc(-c2c(C(C)C)cc(C(C)C)cc2C(C)C)c1P(C(C)(C)C)C(C)(C)C. The van der Waals surface area contributed by atoms with Gasteiger partial charge in [0.15, 0.2) is 0 Å². The van der Waals surface area contributed by atoms with Crippen molar-refractivity contribution in [1.29, 1.82) is 0 Å². The highest BCUT2D eigenvalue weighted by Crippen LogP contribution is 2.60. The van der Waals surface area contributed by atoms with E-state index < -0.39 is 7.92 Å². The van der Waals surface area contributed by atoms with E-state index in [1.807, 2.05) is 0 Å². The van der Waals surface area contributed by atoms with Gasteiger partial charge >= 0.3 is 0 Å². The van der Waals surface area contributed by atoms with Crippen LogP contribution in [-0.4, -0.2) is 10.3 Å². The summed E-state index contributed by atoms with van der Waals surface area (Å²) in [6, 6.07) is 12.0. The predicted octanol–water partition coefficient (Wildman–Crippen LogP) is 10.2. The molecule has 0 heterocycles. The van der Waals surface area contributed by atoms with Gasteiger partial charge in [0.25, 0.3) is 0 Å². The molecule has 1 heteroatoms. The lowest BCUT2D eigenvalue weighted by Gasteiger charge is -2.44. The zero-order valence-electron chi connectivity index (χ0n) is 23.6. The van der Waals surface area contributed by atoms with Crippen LogP contribution in [0, 0.1) is 0 Å². The summed E-state index contributed by atoms with van der Waals surface area (Å²) in [5.41, 5.74) is 8.87. The van der Waals surface area contributed by atoms with Gasteiger partial charge in [-0.05, 0) is 73.2 Å². The fourth-order valence-corrected chi connectivity index (χ4v) is 9.56. The summed E-state index contributed by atoms with van der Waals surface area (Å²) in [5, 5.41) is 1.99. The van der Waals surface area contributed by atoms with Crippen LogP contribution >= 0.6 is 7.92 Å². The van der Waals surface area contributed by atoms with Gasteiger partial charge in [0, 0.05) is 0 Å². The van der Waals surface area contributed by atoms with Gasteiger partial charge in [-0.1, -0.05) is 127 Å². The molecule has 0 aliphatic rings. The van der Waals surface area contributed by atoms with Gasteiger partial charge in [-0.2, -0.15) is 0 Å². The van der Waals surface area contributed by atoms with Gasteiger partial charge in [0.2, 0.25) is 0 Å². The lowest BCUT2D eigenvalue weighted by atomic mass is 9.81. The van der Waals surface area contributed by atoms with Crippen LogP contribution in [0.1, 0.15) is 123 Å². The molecule has 0 N–H and O–H groups in total. The molecule has 0 saturated heterocycles. The van der Waals surface area contributed by atoms with Gasteiger partial charge in [-0.3, -0.25) is 0 Å². The molecule has 0 radical (unpaired) electrons. The van der Waals surface area contributed by atoms with Crippen molar-refractivity contribution in [2.45, 2.75) is 118 Å². The van der Waals surface area contributed by atoms with E-state index in [1.54, 1.807) is 5.30 Å². The monoisotopic (exact) mass is 464 g/mol. The highest BCUT2D eigenvalue weighted by Gasteiger charge is 2.38. The Balaban J connectivity index is 3.11. The third-order valence-electron chi connectivity index (χ3n) is 6.45. The minimum Gasteiger partial charge on any atom is -0.103 e. The van der Waals surface area contributed by atoms with Crippen molar-refractivity contribution in [3.8, 4) is 11.1 Å². The molecule has 0 aliphatic carbocycles. The standard InChI is InChI=1S/C32H49P/c1-14-16-24-17-15-18-26(30(24)33(31(8,9)10)32(11,12)13)29-27(22(4)5)19-25(21(2)3)20-28(29)23(6)7/h14-15,17-23H,1,16H2,2-13H3. The Morgan fingerprint density at radius 1 is 0.788 bits per heavy atom. The smallest absolute Gasteiger partial charge is 0.00936 e. The quantitative estimate of drug-likeness (QED) is 0.282. The molecular formula is C32H49P. The van der Waals surface area contributed by atoms with Gasteiger partial charge in [-0.25, -0.2) is 0 Å². The maximum atomic E-state index is 4.11.